The molecule has 0 bridgehead atoms. The molecule has 0 unspecified atom stereocenters. The summed E-state index contributed by atoms with van der Waals surface area (Å²) >= 11 is 0. The van der Waals surface area contributed by atoms with Crippen molar-refractivity contribution < 1.29 is 4.57 Å². The molecule has 0 fully saturated rings. The minimum absolute atomic E-state index is 0.565. The van der Waals surface area contributed by atoms with Crippen LogP contribution in [0.2, 0.25) is 0 Å². The lowest BCUT2D eigenvalue weighted by Crippen LogP contribution is -2.43. The highest BCUT2D eigenvalue weighted by molar-refractivity contribution is 5.69. The molecule has 6 nitrogen and oxygen atoms in total. The topological polar surface area (TPSA) is 65.5 Å². The van der Waals surface area contributed by atoms with Crippen LogP contribution in [0, 0.1) is 0 Å². The fourth-order valence-corrected chi connectivity index (χ4v) is 3.95. The Hall–Kier alpha value is -4.55. The third kappa shape index (κ3) is 5.34. The van der Waals surface area contributed by atoms with E-state index in [0.29, 0.717) is 6.54 Å². The molecule has 35 heavy (non-hydrogen) atoms. The summed E-state index contributed by atoms with van der Waals surface area (Å²) in [6, 6.07) is 23.1. The van der Waals surface area contributed by atoms with Gasteiger partial charge in [0.05, 0.1) is 19.2 Å². The zero-order valence-corrected chi connectivity index (χ0v) is 19.4. The molecule has 0 spiro atoms. The van der Waals surface area contributed by atoms with Crippen LogP contribution in [0.5, 0.6) is 0 Å². The highest BCUT2D eigenvalue weighted by Gasteiger charge is 2.12. The normalized spacial score (nSPS) is 11.6. The van der Waals surface area contributed by atoms with E-state index in [4.69, 9.17) is 5.73 Å². The molecule has 0 atom stereocenters. The second-order valence-corrected chi connectivity index (χ2v) is 8.11. The molecule has 3 aromatic heterocycles. The highest BCUT2D eigenvalue weighted by Crippen LogP contribution is 2.14. The van der Waals surface area contributed by atoms with Gasteiger partial charge in [0.15, 0.2) is 6.54 Å². The smallest absolute Gasteiger partial charge is 0.205 e. The first kappa shape index (κ1) is 22.3. The van der Waals surface area contributed by atoms with Crippen LogP contribution in [0.15, 0.2) is 104 Å². The Morgan fingerprint density at radius 2 is 1.14 bits per heavy atom. The summed E-state index contributed by atoms with van der Waals surface area (Å²) < 4.78 is 6.22. The standard InChI is InChI=1S/C29H27N6/c30-16-19-35-28(14-8-24-4-10-26(11-5-24)33-20-17-31-22-33)2-1-3-29(35)15-9-25-6-12-27(13-7-25)34-21-18-32-23-34/h1-15,17-18,20-23H,16,19,30H2/q+1. The SMILES string of the molecule is NCC[n+]1c(/C=C/c2ccc(-n3ccnc3)cc2)cccc1/C=C/c1ccc(-n2ccnc2)cc1. The molecule has 5 aromatic rings. The van der Waals surface area contributed by atoms with E-state index >= 15 is 0 Å². The van der Waals surface area contributed by atoms with E-state index in [-0.39, 0.29) is 0 Å². The fraction of sp³-hybridized carbons (Fsp3) is 0.0690. The van der Waals surface area contributed by atoms with E-state index in [0.717, 1.165) is 40.4 Å². The number of benzene rings is 2. The zero-order chi connectivity index (χ0) is 23.9. The first-order valence-electron chi connectivity index (χ1n) is 11.6. The molecule has 2 aromatic carbocycles. The molecule has 6 heteroatoms. The van der Waals surface area contributed by atoms with Crippen LogP contribution < -0.4 is 10.3 Å². The van der Waals surface area contributed by atoms with Gasteiger partial charge in [-0.15, -0.1) is 0 Å². The number of imidazole rings is 2. The van der Waals surface area contributed by atoms with Crippen molar-refractivity contribution in [1.29, 1.82) is 0 Å². The summed E-state index contributed by atoms with van der Waals surface area (Å²) in [7, 11) is 0. The van der Waals surface area contributed by atoms with Gasteiger partial charge in [0.25, 0.3) is 0 Å². The number of nitrogens with zero attached hydrogens (tertiary/aromatic N) is 5. The Morgan fingerprint density at radius 1 is 0.657 bits per heavy atom. The van der Waals surface area contributed by atoms with Gasteiger partial charge in [0.2, 0.25) is 11.4 Å². The van der Waals surface area contributed by atoms with Crippen LogP contribution in [0.4, 0.5) is 0 Å². The first-order chi connectivity index (χ1) is 17.3. The van der Waals surface area contributed by atoms with E-state index in [1.54, 1.807) is 25.0 Å². The minimum Gasteiger partial charge on any atom is -0.325 e. The lowest BCUT2D eigenvalue weighted by Gasteiger charge is -2.05. The zero-order valence-electron chi connectivity index (χ0n) is 19.4. The van der Waals surface area contributed by atoms with Gasteiger partial charge >= 0.3 is 0 Å². The maximum Gasteiger partial charge on any atom is 0.205 e. The van der Waals surface area contributed by atoms with Crippen LogP contribution in [-0.2, 0) is 6.54 Å². The van der Waals surface area contributed by atoms with E-state index in [2.05, 4.69) is 106 Å². The van der Waals surface area contributed by atoms with Crippen molar-refractivity contribution in [3.63, 3.8) is 0 Å². The van der Waals surface area contributed by atoms with Crippen molar-refractivity contribution in [2.45, 2.75) is 6.54 Å². The van der Waals surface area contributed by atoms with Gasteiger partial charge in [-0.2, -0.15) is 4.57 Å². The van der Waals surface area contributed by atoms with E-state index < -0.39 is 0 Å². The van der Waals surface area contributed by atoms with E-state index in [1.165, 1.54) is 0 Å². The van der Waals surface area contributed by atoms with Gasteiger partial charge in [0, 0.05) is 60.4 Å². The Kier molecular flexibility index (Phi) is 6.73. The summed E-state index contributed by atoms with van der Waals surface area (Å²) in [6.07, 6.45) is 19.6. The van der Waals surface area contributed by atoms with Gasteiger partial charge < -0.3 is 14.9 Å². The Morgan fingerprint density at radius 3 is 1.54 bits per heavy atom. The molecule has 2 N–H and O–H groups in total. The maximum atomic E-state index is 5.96. The molecule has 0 radical (unpaired) electrons. The van der Waals surface area contributed by atoms with Crippen molar-refractivity contribution in [3.8, 4) is 11.4 Å². The molecule has 0 aliphatic heterocycles. The monoisotopic (exact) mass is 459 g/mol. The minimum atomic E-state index is 0.565. The average Bonchev–Trinajstić information content (AvgIpc) is 3.63. The number of pyridine rings is 1. The molecule has 0 aliphatic rings. The molecule has 0 saturated carbocycles. The second-order valence-electron chi connectivity index (χ2n) is 8.11. The Bertz CT molecular complexity index is 1310. The predicted molar refractivity (Wildman–Crippen MR) is 141 cm³/mol. The molecule has 5 rings (SSSR count). The molecular weight excluding hydrogens is 432 g/mol. The molecular formula is C29H27N6+. The van der Waals surface area contributed by atoms with Crippen molar-refractivity contribution in [3.05, 3.63) is 127 Å². The number of nitrogens with two attached hydrogens (primary N) is 1. The lowest BCUT2D eigenvalue weighted by molar-refractivity contribution is -0.697. The Balaban J connectivity index is 1.35. The maximum absolute atomic E-state index is 5.96. The summed E-state index contributed by atoms with van der Waals surface area (Å²) in [6.45, 7) is 1.30. The second kappa shape index (κ2) is 10.6. The molecule has 0 aliphatic carbocycles. The van der Waals surface area contributed by atoms with Crippen LogP contribution in [0.1, 0.15) is 22.5 Å². The number of hydrogen-bond acceptors (Lipinski definition) is 3. The van der Waals surface area contributed by atoms with Crippen molar-refractivity contribution >= 4 is 24.3 Å². The summed E-state index contributed by atoms with van der Waals surface area (Å²) in [5.74, 6) is 0. The molecule has 3 heterocycles. The van der Waals surface area contributed by atoms with Crippen LogP contribution in [0.25, 0.3) is 35.7 Å². The van der Waals surface area contributed by atoms with Gasteiger partial charge in [-0.25, -0.2) is 9.97 Å². The van der Waals surface area contributed by atoms with Crippen molar-refractivity contribution in [1.82, 2.24) is 19.1 Å². The van der Waals surface area contributed by atoms with Crippen molar-refractivity contribution in [2.75, 3.05) is 6.54 Å². The van der Waals surface area contributed by atoms with Crippen LogP contribution >= 0.6 is 0 Å². The van der Waals surface area contributed by atoms with Crippen LogP contribution in [-0.4, -0.2) is 25.6 Å². The van der Waals surface area contributed by atoms with Gasteiger partial charge in [-0.3, -0.25) is 0 Å². The summed E-state index contributed by atoms with van der Waals surface area (Å²) in [5.41, 5.74) is 12.6. The van der Waals surface area contributed by atoms with Crippen molar-refractivity contribution in [2.24, 2.45) is 5.73 Å². The molecule has 172 valence electrons. The highest BCUT2D eigenvalue weighted by atomic mass is 15.0. The quantitative estimate of drug-likeness (QED) is 0.344. The van der Waals surface area contributed by atoms with Gasteiger partial charge in [0.1, 0.15) is 0 Å². The van der Waals surface area contributed by atoms with Crippen LogP contribution in [0.3, 0.4) is 0 Å². The van der Waals surface area contributed by atoms with E-state index in [1.807, 2.05) is 21.5 Å². The molecule has 0 saturated heterocycles. The number of rotatable bonds is 8. The number of hydrogen-bond donors (Lipinski definition) is 1. The third-order valence-electron chi connectivity index (χ3n) is 5.79. The van der Waals surface area contributed by atoms with Gasteiger partial charge in [-0.05, 0) is 53.6 Å². The molecule has 0 amide bonds. The fourth-order valence-electron chi connectivity index (χ4n) is 3.95. The first-order valence-corrected chi connectivity index (χ1v) is 11.6. The number of aromatic nitrogens is 5. The van der Waals surface area contributed by atoms with Gasteiger partial charge in [-0.1, -0.05) is 24.3 Å². The predicted octanol–water partition coefficient (Wildman–Crippen LogP) is 4.65. The third-order valence-corrected chi connectivity index (χ3v) is 5.79. The largest absolute Gasteiger partial charge is 0.325 e. The Labute approximate surface area is 205 Å². The summed E-state index contributed by atoms with van der Waals surface area (Å²) in [4.78, 5) is 8.22. The average molecular weight is 460 g/mol. The van der Waals surface area contributed by atoms with E-state index in [9.17, 15) is 0 Å². The summed E-state index contributed by atoms with van der Waals surface area (Å²) in [5, 5.41) is 0. The lowest BCUT2D eigenvalue weighted by atomic mass is 10.1.